The molecule has 1 fully saturated rings. The Morgan fingerprint density at radius 1 is 1.36 bits per heavy atom. The van der Waals surface area contributed by atoms with Gasteiger partial charge in [0.2, 0.25) is 11.9 Å². The van der Waals surface area contributed by atoms with Gasteiger partial charge in [-0.3, -0.25) is 4.79 Å². The average Bonchev–Trinajstić information content (AvgIpc) is 3.10. The number of nitrogens with two attached hydrogens (primary N) is 1. The summed E-state index contributed by atoms with van der Waals surface area (Å²) in [5.41, 5.74) is 8.34. The number of nitrogens with zero attached hydrogens (tertiary/aromatic N) is 3. The summed E-state index contributed by atoms with van der Waals surface area (Å²) in [6, 6.07) is 7.69. The minimum absolute atomic E-state index is 0.000611. The molecular formula is C20H28N6O2. The number of nitrogens with one attached hydrogen (secondary N) is 2. The Labute approximate surface area is 165 Å². The van der Waals surface area contributed by atoms with Crippen LogP contribution in [0.4, 0.5) is 23.1 Å². The van der Waals surface area contributed by atoms with Crippen molar-refractivity contribution in [2.24, 2.45) is 0 Å². The largest absolute Gasteiger partial charge is 0.495 e. The molecule has 8 heteroatoms. The van der Waals surface area contributed by atoms with Gasteiger partial charge < -0.3 is 26.0 Å². The molecule has 2 heterocycles. The second kappa shape index (κ2) is 8.77. The van der Waals surface area contributed by atoms with Gasteiger partial charge >= 0.3 is 0 Å². The van der Waals surface area contributed by atoms with Crippen LogP contribution >= 0.6 is 0 Å². The van der Waals surface area contributed by atoms with Crippen LogP contribution < -0.4 is 26.0 Å². The lowest BCUT2D eigenvalue weighted by atomic mass is 10.2. The fraction of sp³-hybridized carbons (Fsp3) is 0.450. The van der Waals surface area contributed by atoms with E-state index in [4.69, 9.17) is 15.5 Å². The van der Waals surface area contributed by atoms with E-state index in [0.717, 1.165) is 49.6 Å². The van der Waals surface area contributed by atoms with Crippen molar-refractivity contribution in [2.45, 2.75) is 39.2 Å². The number of ether oxygens (including phenoxy) is 1. The monoisotopic (exact) mass is 384 g/mol. The molecule has 4 N–H and O–H groups in total. The number of nitrogen functional groups attached to an aromatic ring is 1. The van der Waals surface area contributed by atoms with Crippen LogP contribution in [0.3, 0.4) is 0 Å². The van der Waals surface area contributed by atoms with Crippen LogP contribution in [0.15, 0.2) is 24.3 Å². The molecule has 0 unspecified atom stereocenters. The Morgan fingerprint density at radius 2 is 2.18 bits per heavy atom. The number of hydrogen-bond donors (Lipinski definition) is 3. The van der Waals surface area contributed by atoms with Crippen molar-refractivity contribution in [1.29, 1.82) is 0 Å². The lowest BCUT2D eigenvalue weighted by Gasteiger charge is -2.19. The third kappa shape index (κ3) is 4.82. The maximum Gasteiger partial charge on any atom is 0.229 e. The van der Waals surface area contributed by atoms with Crippen LogP contribution in [-0.2, 0) is 11.2 Å². The molecule has 0 spiro atoms. The Bertz CT molecular complexity index is 841. The Hall–Kier alpha value is -3.03. The van der Waals surface area contributed by atoms with Gasteiger partial charge in [-0.05, 0) is 31.0 Å². The Balaban J connectivity index is 1.81. The zero-order valence-corrected chi connectivity index (χ0v) is 16.7. The first-order valence-electron chi connectivity index (χ1n) is 9.59. The van der Waals surface area contributed by atoms with Gasteiger partial charge in [-0.25, -0.2) is 4.98 Å². The first-order valence-corrected chi connectivity index (χ1v) is 9.59. The predicted octanol–water partition coefficient (Wildman–Crippen LogP) is 2.48. The van der Waals surface area contributed by atoms with Crippen LogP contribution in [0.25, 0.3) is 0 Å². The molecule has 1 aliphatic rings. The van der Waals surface area contributed by atoms with E-state index in [2.05, 4.69) is 27.4 Å². The topological polar surface area (TPSA) is 105 Å². The minimum atomic E-state index is 0.000611. The fourth-order valence-electron chi connectivity index (χ4n) is 3.40. The van der Waals surface area contributed by atoms with Crippen molar-refractivity contribution in [1.82, 2.24) is 15.3 Å². The number of carbonyl (C=O) groups is 1. The number of methoxy groups -OCH3 is 1. The second-order valence-electron chi connectivity index (χ2n) is 7.00. The molecule has 0 radical (unpaired) electrons. The lowest BCUT2D eigenvalue weighted by molar-refractivity contribution is -0.119. The molecule has 1 amide bonds. The van der Waals surface area contributed by atoms with Crippen LogP contribution in [0.2, 0.25) is 0 Å². The van der Waals surface area contributed by atoms with Crippen molar-refractivity contribution in [2.75, 3.05) is 36.1 Å². The molecule has 1 aliphatic heterocycles. The molecular weight excluding hydrogens is 356 g/mol. The van der Waals surface area contributed by atoms with Crippen molar-refractivity contribution >= 4 is 29.0 Å². The fourth-order valence-corrected chi connectivity index (χ4v) is 3.40. The van der Waals surface area contributed by atoms with Crippen LogP contribution in [0, 0.1) is 0 Å². The SMILES string of the molecule is CCCc1cc(N2CC[C@H](NC(C)=O)C2)nc(Nc2ccc(OC)c(N)c2)n1. The number of carbonyl (C=O) groups excluding carboxylic acids is 1. The zero-order valence-electron chi connectivity index (χ0n) is 16.7. The summed E-state index contributed by atoms with van der Waals surface area (Å²) in [6.45, 7) is 5.27. The molecule has 0 saturated carbocycles. The van der Waals surface area contributed by atoms with E-state index in [1.54, 1.807) is 20.1 Å². The van der Waals surface area contributed by atoms with Gasteiger partial charge in [0.05, 0.1) is 12.8 Å². The molecule has 1 atom stereocenters. The number of rotatable bonds is 7. The molecule has 8 nitrogen and oxygen atoms in total. The van der Waals surface area contributed by atoms with E-state index in [0.29, 0.717) is 17.4 Å². The van der Waals surface area contributed by atoms with Gasteiger partial charge in [-0.2, -0.15) is 4.98 Å². The van der Waals surface area contributed by atoms with Gasteiger partial charge in [-0.1, -0.05) is 13.3 Å². The number of benzene rings is 1. The summed E-state index contributed by atoms with van der Waals surface area (Å²) >= 11 is 0. The van der Waals surface area contributed by atoms with Gasteiger partial charge in [0, 0.05) is 43.5 Å². The molecule has 3 rings (SSSR count). The van der Waals surface area contributed by atoms with Gasteiger partial charge in [0.1, 0.15) is 11.6 Å². The Morgan fingerprint density at radius 3 is 2.86 bits per heavy atom. The molecule has 1 aromatic heterocycles. The normalized spacial score (nSPS) is 16.1. The van der Waals surface area contributed by atoms with Gasteiger partial charge in [0.25, 0.3) is 0 Å². The highest BCUT2D eigenvalue weighted by Gasteiger charge is 2.24. The lowest BCUT2D eigenvalue weighted by Crippen LogP contribution is -2.35. The zero-order chi connectivity index (χ0) is 20.1. The maximum atomic E-state index is 11.3. The third-order valence-electron chi connectivity index (χ3n) is 4.68. The molecule has 150 valence electrons. The van der Waals surface area contributed by atoms with Crippen LogP contribution in [0.1, 0.15) is 32.4 Å². The van der Waals surface area contributed by atoms with E-state index < -0.39 is 0 Å². The van der Waals surface area contributed by atoms with E-state index in [9.17, 15) is 4.79 Å². The highest BCUT2D eigenvalue weighted by Crippen LogP contribution is 2.27. The van der Waals surface area contributed by atoms with Crippen molar-refractivity contribution in [3.05, 3.63) is 30.0 Å². The number of anilines is 4. The Kier molecular flexibility index (Phi) is 6.18. The summed E-state index contributed by atoms with van der Waals surface area (Å²) in [6.07, 6.45) is 2.78. The second-order valence-corrected chi connectivity index (χ2v) is 7.00. The van der Waals surface area contributed by atoms with Crippen molar-refractivity contribution < 1.29 is 9.53 Å². The molecule has 1 aromatic carbocycles. The molecule has 0 bridgehead atoms. The molecule has 1 saturated heterocycles. The number of hydrogen-bond acceptors (Lipinski definition) is 7. The van der Waals surface area contributed by atoms with E-state index in [1.165, 1.54) is 0 Å². The maximum absolute atomic E-state index is 11.3. The van der Waals surface area contributed by atoms with Crippen molar-refractivity contribution in [3.63, 3.8) is 0 Å². The minimum Gasteiger partial charge on any atom is -0.495 e. The van der Waals surface area contributed by atoms with Gasteiger partial charge in [-0.15, -0.1) is 0 Å². The summed E-state index contributed by atoms with van der Waals surface area (Å²) < 4.78 is 5.20. The van der Waals surface area contributed by atoms with Crippen LogP contribution in [-0.4, -0.2) is 42.1 Å². The highest BCUT2D eigenvalue weighted by atomic mass is 16.5. The average molecular weight is 384 g/mol. The van der Waals surface area contributed by atoms with Gasteiger partial charge in [0.15, 0.2) is 0 Å². The molecule has 0 aliphatic carbocycles. The van der Waals surface area contributed by atoms with Crippen LogP contribution in [0.5, 0.6) is 5.75 Å². The quantitative estimate of drug-likeness (QED) is 0.630. The summed E-state index contributed by atoms with van der Waals surface area (Å²) in [5.74, 6) is 2.04. The third-order valence-corrected chi connectivity index (χ3v) is 4.68. The number of amides is 1. The number of aryl methyl sites for hydroxylation is 1. The van der Waals surface area contributed by atoms with E-state index in [1.807, 2.05) is 18.2 Å². The first kappa shape index (κ1) is 19.7. The van der Waals surface area contributed by atoms with E-state index in [-0.39, 0.29) is 11.9 Å². The highest BCUT2D eigenvalue weighted by molar-refractivity contribution is 5.73. The molecule has 28 heavy (non-hydrogen) atoms. The first-order chi connectivity index (χ1) is 13.5. The molecule has 2 aromatic rings. The summed E-state index contributed by atoms with van der Waals surface area (Å²) in [7, 11) is 1.59. The predicted molar refractivity (Wildman–Crippen MR) is 111 cm³/mol. The summed E-state index contributed by atoms with van der Waals surface area (Å²) in [5, 5.41) is 6.24. The number of aromatic nitrogens is 2. The van der Waals surface area contributed by atoms with E-state index >= 15 is 0 Å². The summed E-state index contributed by atoms with van der Waals surface area (Å²) in [4.78, 5) is 22.9. The smallest absolute Gasteiger partial charge is 0.229 e. The standard InChI is InChI=1S/C20H28N6O2/c1-4-5-14-11-19(26-9-8-16(12-26)22-13(2)27)25-20(23-14)24-15-6-7-18(28-3)17(21)10-15/h6-7,10-11,16H,4-5,8-9,12,21H2,1-3H3,(H,22,27)(H,23,24,25)/t16-/m0/s1. The van der Waals surface area contributed by atoms with Crippen molar-refractivity contribution in [3.8, 4) is 5.75 Å².